The lowest BCUT2D eigenvalue weighted by atomic mass is 9.89. The molecule has 0 amide bonds. The van der Waals surface area contributed by atoms with Crippen molar-refractivity contribution in [1.29, 1.82) is 0 Å². The highest BCUT2D eigenvalue weighted by Crippen LogP contribution is 2.30. The Balaban J connectivity index is 1.26. The van der Waals surface area contributed by atoms with Crippen LogP contribution in [-0.4, -0.2) is 0 Å². The van der Waals surface area contributed by atoms with Crippen molar-refractivity contribution in [3.05, 3.63) is 138 Å². The van der Waals surface area contributed by atoms with E-state index in [2.05, 4.69) is 121 Å². The van der Waals surface area contributed by atoms with Crippen LogP contribution in [0, 0.1) is 0 Å². The van der Waals surface area contributed by atoms with Crippen molar-refractivity contribution in [2.75, 3.05) is 0 Å². The lowest BCUT2D eigenvalue weighted by Gasteiger charge is -2.16. The van der Waals surface area contributed by atoms with E-state index in [1.54, 1.807) is 0 Å². The summed E-state index contributed by atoms with van der Waals surface area (Å²) in [6.45, 7) is 0. The molecule has 0 unspecified atom stereocenters. The van der Waals surface area contributed by atoms with Crippen molar-refractivity contribution in [1.82, 2.24) is 0 Å². The van der Waals surface area contributed by atoms with Crippen LogP contribution in [0.4, 0.5) is 0 Å². The van der Waals surface area contributed by atoms with Crippen LogP contribution in [0.15, 0.2) is 127 Å². The topological polar surface area (TPSA) is 0 Å². The molecule has 0 spiro atoms. The Hall–Kier alpha value is -3.64. The number of rotatable bonds is 5. The van der Waals surface area contributed by atoms with Gasteiger partial charge >= 0.3 is 0 Å². The summed E-state index contributed by atoms with van der Waals surface area (Å²) in [4.78, 5) is 0. The highest BCUT2D eigenvalue weighted by molar-refractivity contribution is 5.72. The van der Waals surface area contributed by atoms with Gasteiger partial charge in [-0.05, 0) is 58.2 Å². The van der Waals surface area contributed by atoms with Crippen LogP contribution in [0.5, 0.6) is 0 Å². The molecule has 5 rings (SSSR count). The predicted molar refractivity (Wildman–Crippen MR) is 133 cm³/mol. The molecule has 4 aromatic rings. The maximum absolute atomic E-state index is 2.33. The van der Waals surface area contributed by atoms with Crippen LogP contribution in [0.2, 0.25) is 0 Å². The van der Waals surface area contributed by atoms with Gasteiger partial charge in [0.2, 0.25) is 0 Å². The fourth-order valence-corrected chi connectivity index (χ4v) is 4.28. The maximum atomic E-state index is 2.33. The molecule has 0 radical (unpaired) electrons. The Morgan fingerprint density at radius 2 is 0.903 bits per heavy atom. The molecule has 0 heterocycles. The fraction of sp³-hybridized carbons (Fsp3) is 0.0968. The highest BCUT2D eigenvalue weighted by atomic mass is 14.1. The van der Waals surface area contributed by atoms with Gasteiger partial charge in [0.15, 0.2) is 0 Å². The van der Waals surface area contributed by atoms with E-state index in [1.165, 1.54) is 44.5 Å². The Morgan fingerprint density at radius 3 is 1.42 bits per heavy atom. The molecule has 0 N–H and O–H groups in total. The Kier molecular flexibility index (Phi) is 5.62. The third-order valence-corrected chi connectivity index (χ3v) is 6.09. The zero-order chi connectivity index (χ0) is 20.9. The maximum Gasteiger partial charge on any atom is -0.00639 e. The molecule has 1 aliphatic rings. The van der Waals surface area contributed by atoms with Gasteiger partial charge in [0.25, 0.3) is 0 Å². The quantitative estimate of drug-likeness (QED) is 0.317. The van der Waals surface area contributed by atoms with Crippen LogP contribution in [0.1, 0.15) is 24.0 Å². The molecular formula is C31H26. The van der Waals surface area contributed by atoms with E-state index in [1.807, 2.05) is 0 Å². The van der Waals surface area contributed by atoms with Gasteiger partial charge in [-0.2, -0.15) is 0 Å². The average molecular weight is 399 g/mol. The van der Waals surface area contributed by atoms with Gasteiger partial charge in [0.1, 0.15) is 0 Å². The fourth-order valence-electron chi connectivity index (χ4n) is 4.28. The van der Waals surface area contributed by atoms with Crippen molar-refractivity contribution in [2.24, 2.45) is 0 Å². The Morgan fingerprint density at radius 1 is 0.419 bits per heavy atom. The first-order chi connectivity index (χ1) is 15.3. The molecule has 31 heavy (non-hydrogen) atoms. The third-order valence-electron chi connectivity index (χ3n) is 6.09. The molecule has 0 bridgehead atoms. The van der Waals surface area contributed by atoms with Crippen molar-refractivity contribution >= 4 is 5.57 Å². The molecule has 0 fully saturated rings. The van der Waals surface area contributed by atoms with Gasteiger partial charge in [0, 0.05) is 0 Å². The average Bonchev–Trinajstić information content (AvgIpc) is 2.86. The van der Waals surface area contributed by atoms with Gasteiger partial charge in [-0.15, -0.1) is 0 Å². The van der Waals surface area contributed by atoms with E-state index in [-0.39, 0.29) is 0 Å². The van der Waals surface area contributed by atoms with E-state index < -0.39 is 0 Å². The second kappa shape index (κ2) is 9.02. The first kappa shape index (κ1) is 19.3. The second-order valence-corrected chi connectivity index (χ2v) is 8.20. The molecular weight excluding hydrogens is 372 g/mol. The lowest BCUT2D eigenvalue weighted by Crippen LogP contribution is -1.97. The van der Waals surface area contributed by atoms with Gasteiger partial charge < -0.3 is 0 Å². The highest BCUT2D eigenvalue weighted by Gasteiger charge is 2.10. The summed E-state index contributed by atoms with van der Waals surface area (Å²) in [7, 11) is 0. The van der Waals surface area contributed by atoms with Gasteiger partial charge in [-0.3, -0.25) is 0 Å². The number of allylic oxidation sites excluding steroid dienone is 4. The molecule has 0 heteroatoms. The van der Waals surface area contributed by atoms with Gasteiger partial charge in [-0.25, -0.2) is 0 Å². The Bertz CT molecular complexity index is 1190. The van der Waals surface area contributed by atoms with E-state index in [0.717, 1.165) is 19.3 Å². The minimum Gasteiger partial charge on any atom is -0.0655 e. The summed E-state index contributed by atoms with van der Waals surface area (Å²) >= 11 is 0. The molecule has 1 aliphatic carbocycles. The predicted octanol–water partition coefficient (Wildman–Crippen LogP) is 8.37. The monoisotopic (exact) mass is 398 g/mol. The molecule has 0 aromatic heterocycles. The first-order valence-electron chi connectivity index (χ1n) is 11.0. The van der Waals surface area contributed by atoms with Crippen LogP contribution in [0.3, 0.4) is 0 Å². The summed E-state index contributed by atoms with van der Waals surface area (Å²) in [6, 6.07) is 39.2. The van der Waals surface area contributed by atoms with Crippen LogP contribution in [-0.2, 0) is 6.42 Å². The summed E-state index contributed by atoms with van der Waals surface area (Å²) in [6.07, 6.45) is 7.92. The van der Waals surface area contributed by atoms with Crippen molar-refractivity contribution in [3.63, 3.8) is 0 Å². The van der Waals surface area contributed by atoms with Crippen molar-refractivity contribution in [2.45, 2.75) is 19.3 Å². The lowest BCUT2D eigenvalue weighted by molar-refractivity contribution is 0.923. The van der Waals surface area contributed by atoms with E-state index in [0.29, 0.717) is 0 Å². The van der Waals surface area contributed by atoms with Gasteiger partial charge in [-0.1, -0.05) is 127 Å². The third kappa shape index (κ3) is 4.59. The minimum absolute atomic E-state index is 1.03. The van der Waals surface area contributed by atoms with Gasteiger partial charge in [0.05, 0.1) is 0 Å². The summed E-state index contributed by atoms with van der Waals surface area (Å²) < 4.78 is 0. The summed E-state index contributed by atoms with van der Waals surface area (Å²) in [5, 5.41) is 0. The zero-order valence-corrected chi connectivity index (χ0v) is 17.7. The number of hydrogen-bond acceptors (Lipinski definition) is 0. The summed E-state index contributed by atoms with van der Waals surface area (Å²) in [5.74, 6) is 0. The van der Waals surface area contributed by atoms with Crippen LogP contribution in [0.25, 0.3) is 27.8 Å². The van der Waals surface area contributed by atoms with Crippen molar-refractivity contribution in [3.8, 4) is 22.3 Å². The van der Waals surface area contributed by atoms with Crippen LogP contribution < -0.4 is 0 Å². The Labute approximate surface area is 185 Å². The SMILES string of the molecule is C1=C(Cc2ccc(-c3ccccc3)cc2)CCC(c2ccc(-c3ccccc3)cc2)=C1. The minimum atomic E-state index is 1.03. The number of hydrogen-bond donors (Lipinski definition) is 0. The molecule has 0 atom stereocenters. The molecule has 0 saturated carbocycles. The standard InChI is InChI=1S/C31H26/c1-3-7-26(8-4-1)28-15-11-24(12-16-28)23-25-13-17-29(18-14-25)31-21-19-30(20-22-31)27-9-5-2-6-10-27/h1-13,15-17,19-22H,14,18,23H2. The molecule has 4 aromatic carbocycles. The molecule has 0 aliphatic heterocycles. The number of benzene rings is 4. The largest absolute Gasteiger partial charge is 0.0655 e. The smallest absolute Gasteiger partial charge is 0.00639 e. The zero-order valence-electron chi connectivity index (χ0n) is 17.7. The van der Waals surface area contributed by atoms with Crippen LogP contribution >= 0.6 is 0 Å². The molecule has 0 saturated heterocycles. The van der Waals surface area contributed by atoms with E-state index in [4.69, 9.17) is 0 Å². The van der Waals surface area contributed by atoms with Crippen molar-refractivity contribution < 1.29 is 0 Å². The molecule has 0 nitrogen and oxygen atoms in total. The molecule has 150 valence electrons. The first-order valence-corrected chi connectivity index (χ1v) is 11.0. The second-order valence-electron chi connectivity index (χ2n) is 8.20. The summed E-state index contributed by atoms with van der Waals surface area (Å²) in [5.41, 5.74) is 10.8. The van der Waals surface area contributed by atoms with E-state index in [9.17, 15) is 0 Å². The van der Waals surface area contributed by atoms with E-state index >= 15 is 0 Å². The normalized spacial score (nSPS) is 13.4.